The van der Waals surface area contributed by atoms with Crippen molar-refractivity contribution < 1.29 is 18.7 Å². The lowest BCUT2D eigenvalue weighted by atomic mass is 10.1. The van der Waals surface area contributed by atoms with Gasteiger partial charge in [0.25, 0.3) is 0 Å². The van der Waals surface area contributed by atoms with Gasteiger partial charge in [-0.3, -0.25) is 4.79 Å². The van der Waals surface area contributed by atoms with Crippen LogP contribution in [0.3, 0.4) is 0 Å². The molecule has 1 aromatic heterocycles. The molecule has 5 heteroatoms. The molecule has 0 aliphatic heterocycles. The first-order chi connectivity index (χ1) is 9.61. The number of carbonyl (C=O) groups is 2. The lowest BCUT2D eigenvalue weighted by molar-refractivity contribution is -0.126. The van der Waals surface area contributed by atoms with E-state index in [-0.39, 0.29) is 5.78 Å². The van der Waals surface area contributed by atoms with Gasteiger partial charge in [-0.1, -0.05) is 19.1 Å². The SMILES string of the molecule is CCC(=O)C(C)OC(=O)c1ccc(-c2cnco2)cc1. The van der Waals surface area contributed by atoms with Gasteiger partial charge in [0.05, 0.1) is 11.8 Å². The van der Waals surface area contributed by atoms with Crippen molar-refractivity contribution >= 4 is 11.8 Å². The molecule has 1 unspecified atom stereocenters. The number of oxazole rings is 1. The van der Waals surface area contributed by atoms with E-state index in [9.17, 15) is 9.59 Å². The van der Waals surface area contributed by atoms with Gasteiger partial charge in [-0.2, -0.15) is 0 Å². The van der Waals surface area contributed by atoms with Gasteiger partial charge in [-0.05, 0) is 19.1 Å². The highest BCUT2D eigenvalue weighted by Crippen LogP contribution is 2.19. The molecule has 20 heavy (non-hydrogen) atoms. The van der Waals surface area contributed by atoms with E-state index in [4.69, 9.17) is 9.15 Å². The number of aromatic nitrogens is 1. The molecule has 0 saturated heterocycles. The van der Waals surface area contributed by atoms with Gasteiger partial charge in [-0.25, -0.2) is 9.78 Å². The van der Waals surface area contributed by atoms with E-state index in [1.165, 1.54) is 6.39 Å². The second kappa shape index (κ2) is 6.14. The molecule has 104 valence electrons. The van der Waals surface area contributed by atoms with Crippen molar-refractivity contribution in [2.75, 3.05) is 0 Å². The minimum absolute atomic E-state index is 0.100. The highest BCUT2D eigenvalue weighted by Gasteiger charge is 2.17. The van der Waals surface area contributed by atoms with Gasteiger partial charge in [0.15, 0.2) is 24.0 Å². The Hall–Kier alpha value is -2.43. The normalized spacial score (nSPS) is 11.9. The number of hydrogen-bond acceptors (Lipinski definition) is 5. The summed E-state index contributed by atoms with van der Waals surface area (Å²) in [6, 6.07) is 6.74. The van der Waals surface area contributed by atoms with E-state index in [1.54, 1.807) is 44.3 Å². The molecule has 0 bridgehead atoms. The number of nitrogens with zero attached hydrogens (tertiary/aromatic N) is 1. The average molecular weight is 273 g/mol. The molecule has 0 amide bonds. The van der Waals surface area contributed by atoms with E-state index in [0.717, 1.165) is 5.56 Å². The molecule has 1 aromatic carbocycles. The smallest absolute Gasteiger partial charge is 0.338 e. The van der Waals surface area contributed by atoms with Crippen LogP contribution in [0.25, 0.3) is 11.3 Å². The van der Waals surface area contributed by atoms with Crippen LogP contribution in [0.2, 0.25) is 0 Å². The van der Waals surface area contributed by atoms with Crippen molar-refractivity contribution in [2.45, 2.75) is 26.4 Å². The van der Waals surface area contributed by atoms with Crippen LogP contribution in [0.5, 0.6) is 0 Å². The fraction of sp³-hybridized carbons (Fsp3) is 0.267. The van der Waals surface area contributed by atoms with Crippen molar-refractivity contribution in [3.8, 4) is 11.3 Å². The number of benzene rings is 1. The largest absolute Gasteiger partial charge is 0.451 e. The zero-order valence-corrected chi connectivity index (χ0v) is 11.3. The second-order valence-corrected chi connectivity index (χ2v) is 4.31. The van der Waals surface area contributed by atoms with Gasteiger partial charge in [-0.15, -0.1) is 0 Å². The third-order valence-electron chi connectivity index (χ3n) is 2.92. The predicted octanol–water partition coefficient (Wildman–Crippen LogP) is 2.87. The summed E-state index contributed by atoms with van der Waals surface area (Å²) in [5.74, 6) is 0.0134. The van der Waals surface area contributed by atoms with Crippen LogP contribution < -0.4 is 0 Å². The summed E-state index contributed by atoms with van der Waals surface area (Å²) in [5, 5.41) is 0. The molecule has 2 rings (SSSR count). The summed E-state index contributed by atoms with van der Waals surface area (Å²) < 4.78 is 10.3. The van der Waals surface area contributed by atoms with Crippen molar-refractivity contribution in [1.29, 1.82) is 0 Å². The number of esters is 1. The molecule has 2 aromatic rings. The van der Waals surface area contributed by atoms with E-state index >= 15 is 0 Å². The first kappa shape index (κ1) is 14.0. The van der Waals surface area contributed by atoms with E-state index < -0.39 is 12.1 Å². The first-order valence-corrected chi connectivity index (χ1v) is 6.34. The van der Waals surface area contributed by atoms with Crippen molar-refractivity contribution in [3.63, 3.8) is 0 Å². The molecule has 1 heterocycles. The highest BCUT2D eigenvalue weighted by atomic mass is 16.5. The Labute approximate surface area is 116 Å². The van der Waals surface area contributed by atoms with Crippen molar-refractivity contribution in [1.82, 2.24) is 4.98 Å². The number of Topliss-reactive ketones (excluding diaryl/α,β-unsaturated/α-hetero) is 1. The lowest BCUT2D eigenvalue weighted by Crippen LogP contribution is -2.23. The lowest BCUT2D eigenvalue weighted by Gasteiger charge is -2.11. The Kier molecular flexibility index (Phi) is 4.30. The average Bonchev–Trinajstić information content (AvgIpc) is 3.00. The zero-order valence-electron chi connectivity index (χ0n) is 11.3. The molecule has 0 N–H and O–H groups in total. The fourth-order valence-corrected chi connectivity index (χ4v) is 1.71. The van der Waals surface area contributed by atoms with E-state index in [1.807, 2.05) is 0 Å². The topological polar surface area (TPSA) is 69.4 Å². The van der Waals surface area contributed by atoms with E-state index in [2.05, 4.69) is 4.98 Å². The predicted molar refractivity (Wildman–Crippen MR) is 72.1 cm³/mol. The van der Waals surface area contributed by atoms with Crippen LogP contribution in [-0.4, -0.2) is 22.8 Å². The monoisotopic (exact) mass is 273 g/mol. The van der Waals surface area contributed by atoms with Crippen LogP contribution in [0.1, 0.15) is 30.6 Å². The van der Waals surface area contributed by atoms with Crippen molar-refractivity contribution in [3.05, 3.63) is 42.4 Å². The molecule has 0 fully saturated rings. The minimum Gasteiger partial charge on any atom is -0.451 e. The molecule has 1 atom stereocenters. The molecule has 0 radical (unpaired) electrons. The second-order valence-electron chi connectivity index (χ2n) is 4.31. The molecule has 0 saturated carbocycles. The Bertz CT molecular complexity index is 587. The Balaban J connectivity index is 2.06. The van der Waals surface area contributed by atoms with Crippen LogP contribution in [-0.2, 0) is 9.53 Å². The fourth-order valence-electron chi connectivity index (χ4n) is 1.71. The van der Waals surface area contributed by atoms with Gasteiger partial charge in [0.1, 0.15) is 0 Å². The molecule has 0 aliphatic carbocycles. The molecular weight excluding hydrogens is 258 g/mol. The third-order valence-corrected chi connectivity index (χ3v) is 2.92. The van der Waals surface area contributed by atoms with Gasteiger partial charge < -0.3 is 9.15 Å². The highest BCUT2D eigenvalue weighted by molar-refractivity contribution is 5.93. The van der Waals surface area contributed by atoms with Crippen LogP contribution in [0.15, 0.2) is 41.3 Å². The first-order valence-electron chi connectivity index (χ1n) is 6.34. The maximum atomic E-state index is 11.9. The number of hydrogen-bond donors (Lipinski definition) is 0. The summed E-state index contributed by atoms with van der Waals surface area (Å²) >= 11 is 0. The number of ether oxygens (including phenoxy) is 1. The molecular formula is C15H15NO4. The Morgan fingerprint density at radius 1 is 1.30 bits per heavy atom. The minimum atomic E-state index is -0.721. The zero-order chi connectivity index (χ0) is 14.5. The summed E-state index contributed by atoms with van der Waals surface area (Å²) in [6.07, 6.45) is 2.56. The van der Waals surface area contributed by atoms with E-state index in [0.29, 0.717) is 17.7 Å². The van der Waals surface area contributed by atoms with Crippen LogP contribution in [0, 0.1) is 0 Å². The maximum absolute atomic E-state index is 11.9. The Morgan fingerprint density at radius 3 is 2.55 bits per heavy atom. The van der Waals surface area contributed by atoms with Gasteiger partial charge in [0.2, 0.25) is 0 Å². The van der Waals surface area contributed by atoms with Crippen LogP contribution >= 0.6 is 0 Å². The van der Waals surface area contributed by atoms with Crippen molar-refractivity contribution in [2.24, 2.45) is 0 Å². The standard InChI is InChI=1S/C15H15NO4/c1-3-13(17)10(2)20-15(18)12-6-4-11(5-7-12)14-8-16-9-19-14/h4-10H,3H2,1-2H3. The van der Waals surface area contributed by atoms with Crippen LogP contribution in [0.4, 0.5) is 0 Å². The number of carbonyl (C=O) groups excluding carboxylic acids is 2. The molecule has 0 spiro atoms. The van der Waals surface area contributed by atoms with Gasteiger partial charge >= 0.3 is 5.97 Å². The van der Waals surface area contributed by atoms with Gasteiger partial charge in [0, 0.05) is 12.0 Å². The quantitative estimate of drug-likeness (QED) is 0.783. The number of ketones is 1. The molecule has 5 nitrogen and oxygen atoms in total. The Morgan fingerprint density at radius 2 is 2.00 bits per heavy atom. The summed E-state index contributed by atoms with van der Waals surface area (Å²) in [5.41, 5.74) is 1.21. The summed E-state index contributed by atoms with van der Waals surface area (Å²) in [4.78, 5) is 27.1. The third kappa shape index (κ3) is 3.12. The summed E-state index contributed by atoms with van der Waals surface area (Å²) in [6.45, 7) is 3.31. The summed E-state index contributed by atoms with van der Waals surface area (Å²) in [7, 11) is 0. The number of rotatable bonds is 5. The molecule has 0 aliphatic rings. The maximum Gasteiger partial charge on any atom is 0.338 e.